The molecule has 1 nitrogen and oxygen atoms in total. The fourth-order valence-electron chi connectivity index (χ4n) is 1.44. The highest BCUT2D eigenvalue weighted by Gasteiger charge is 2.20. The van der Waals surface area contributed by atoms with Crippen molar-refractivity contribution in [3.63, 3.8) is 0 Å². The third-order valence-corrected chi connectivity index (χ3v) is 2.39. The van der Waals surface area contributed by atoms with Gasteiger partial charge in [0.05, 0.1) is 27.7 Å². The summed E-state index contributed by atoms with van der Waals surface area (Å²) in [6.07, 6.45) is 4.00. The molecule has 0 aromatic heterocycles. The van der Waals surface area contributed by atoms with Crippen molar-refractivity contribution in [3.05, 3.63) is 0 Å². The standard InChI is InChI=1S/C11H26N/c1-7-8-11(2,3)9-10-12(4,5)6/h7-10H2,1-6H3/q+1. The summed E-state index contributed by atoms with van der Waals surface area (Å²) in [6, 6.07) is 0. The van der Waals surface area contributed by atoms with Crippen molar-refractivity contribution < 1.29 is 4.48 Å². The minimum absolute atomic E-state index is 0.542. The van der Waals surface area contributed by atoms with Crippen molar-refractivity contribution in [1.82, 2.24) is 0 Å². The van der Waals surface area contributed by atoms with Crippen LogP contribution >= 0.6 is 0 Å². The first-order chi connectivity index (χ1) is 5.27. The Morgan fingerprint density at radius 2 is 1.50 bits per heavy atom. The van der Waals surface area contributed by atoms with Gasteiger partial charge in [-0.15, -0.1) is 0 Å². The Bertz CT molecular complexity index is 119. The molecule has 0 N–H and O–H groups in total. The molecule has 1 heteroatoms. The van der Waals surface area contributed by atoms with Crippen molar-refractivity contribution in [1.29, 1.82) is 0 Å². The molecular formula is C11H26N+. The van der Waals surface area contributed by atoms with E-state index >= 15 is 0 Å². The quantitative estimate of drug-likeness (QED) is 0.559. The second kappa shape index (κ2) is 4.27. The molecule has 0 radical (unpaired) electrons. The van der Waals surface area contributed by atoms with E-state index in [2.05, 4.69) is 41.9 Å². The van der Waals surface area contributed by atoms with Crippen molar-refractivity contribution in [3.8, 4) is 0 Å². The fourth-order valence-corrected chi connectivity index (χ4v) is 1.44. The molecule has 0 saturated heterocycles. The van der Waals surface area contributed by atoms with Crippen LogP contribution < -0.4 is 0 Å². The highest BCUT2D eigenvalue weighted by atomic mass is 15.3. The number of rotatable bonds is 5. The zero-order valence-corrected chi connectivity index (χ0v) is 9.78. The van der Waals surface area contributed by atoms with Gasteiger partial charge in [-0.05, 0) is 11.8 Å². The van der Waals surface area contributed by atoms with Crippen molar-refractivity contribution in [2.45, 2.75) is 40.0 Å². The van der Waals surface area contributed by atoms with Gasteiger partial charge in [-0.1, -0.05) is 27.2 Å². The van der Waals surface area contributed by atoms with Gasteiger partial charge in [0.1, 0.15) is 0 Å². The largest absolute Gasteiger partial charge is 0.331 e. The molecular weight excluding hydrogens is 146 g/mol. The summed E-state index contributed by atoms with van der Waals surface area (Å²) in [5, 5.41) is 0. The minimum Gasteiger partial charge on any atom is -0.331 e. The van der Waals surface area contributed by atoms with E-state index in [1.165, 1.54) is 25.8 Å². The van der Waals surface area contributed by atoms with Crippen molar-refractivity contribution in [2.24, 2.45) is 5.41 Å². The van der Waals surface area contributed by atoms with Crippen LogP contribution in [0.1, 0.15) is 40.0 Å². The molecule has 0 rings (SSSR count). The topological polar surface area (TPSA) is 0 Å². The molecule has 74 valence electrons. The summed E-state index contributed by atoms with van der Waals surface area (Å²) in [6.45, 7) is 8.32. The molecule has 0 heterocycles. The minimum atomic E-state index is 0.542. The Labute approximate surface area is 78.4 Å². The maximum absolute atomic E-state index is 2.38. The van der Waals surface area contributed by atoms with E-state index < -0.39 is 0 Å². The summed E-state index contributed by atoms with van der Waals surface area (Å²) in [7, 11) is 6.80. The zero-order chi connectivity index (χ0) is 9.83. The van der Waals surface area contributed by atoms with Gasteiger partial charge in [-0.2, -0.15) is 0 Å². The third kappa shape index (κ3) is 6.66. The summed E-state index contributed by atoms with van der Waals surface area (Å²) < 4.78 is 1.09. The maximum atomic E-state index is 2.38. The molecule has 0 bridgehead atoms. The van der Waals surface area contributed by atoms with Gasteiger partial charge in [0.25, 0.3) is 0 Å². The van der Waals surface area contributed by atoms with E-state index in [9.17, 15) is 0 Å². The lowest BCUT2D eigenvalue weighted by atomic mass is 9.84. The van der Waals surface area contributed by atoms with Crippen molar-refractivity contribution >= 4 is 0 Å². The number of hydrogen-bond acceptors (Lipinski definition) is 0. The van der Waals surface area contributed by atoms with Crippen LogP contribution in [-0.4, -0.2) is 32.2 Å². The normalized spacial score (nSPS) is 13.5. The van der Waals surface area contributed by atoms with Gasteiger partial charge < -0.3 is 4.48 Å². The van der Waals surface area contributed by atoms with Crippen LogP contribution in [0.4, 0.5) is 0 Å². The first-order valence-corrected chi connectivity index (χ1v) is 5.07. The number of quaternary nitrogens is 1. The smallest absolute Gasteiger partial charge is 0.0785 e. The van der Waals surface area contributed by atoms with E-state index in [1.54, 1.807) is 0 Å². The molecule has 0 aliphatic rings. The molecule has 0 aliphatic heterocycles. The molecule has 0 aromatic rings. The van der Waals surface area contributed by atoms with Gasteiger partial charge in [-0.25, -0.2) is 0 Å². The van der Waals surface area contributed by atoms with Gasteiger partial charge in [0.15, 0.2) is 0 Å². The van der Waals surface area contributed by atoms with E-state index in [0.29, 0.717) is 5.41 Å². The average molecular weight is 172 g/mol. The van der Waals surface area contributed by atoms with Gasteiger partial charge in [0, 0.05) is 6.42 Å². The van der Waals surface area contributed by atoms with Crippen molar-refractivity contribution in [2.75, 3.05) is 27.7 Å². The van der Waals surface area contributed by atoms with Crippen LogP contribution in [0.15, 0.2) is 0 Å². The van der Waals surface area contributed by atoms with E-state index in [-0.39, 0.29) is 0 Å². The molecule has 0 fully saturated rings. The Kier molecular flexibility index (Phi) is 4.25. The van der Waals surface area contributed by atoms with E-state index in [1.807, 2.05) is 0 Å². The Hall–Kier alpha value is -0.0400. The SMILES string of the molecule is CCCC(C)(C)CC[N+](C)(C)C. The van der Waals surface area contributed by atoms with Crippen LogP contribution in [0.5, 0.6) is 0 Å². The number of hydrogen-bond donors (Lipinski definition) is 0. The van der Waals surface area contributed by atoms with Gasteiger partial charge >= 0.3 is 0 Å². The zero-order valence-electron chi connectivity index (χ0n) is 9.78. The molecule has 0 aromatic carbocycles. The maximum Gasteiger partial charge on any atom is 0.0785 e. The van der Waals surface area contributed by atoms with Crippen LogP contribution in [0.25, 0.3) is 0 Å². The monoisotopic (exact) mass is 172 g/mol. The van der Waals surface area contributed by atoms with E-state index in [4.69, 9.17) is 0 Å². The molecule has 0 saturated carbocycles. The first-order valence-electron chi connectivity index (χ1n) is 5.07. The van der Waals surface area contributed by atoms with Gasteiger partial charge in [-0.3, -0.25) is 0 Å². The molecule has 12 heavy (non-hydrogen) atoms. The lowest BCUT2D eigenvalue weighted by Crippen LogP contribution is -2.37. The van der Waals surface area contributed by atoms with Crippen LogP contribution in [-0.2, 0) is 0 Å². The molecule has 0 unspecified atom stereocenters. The van der Waals surface area contributed by atoms with Crippen LogP contribution in [0.2, 0.25) is 0 Å². The van der Waals surface area contributed by atoms with Crippen LogP contribution in [0.3, 0.4) is 0 Å². The fraction of sp³-hybridized carbons (Fsp3) is 1.00. The molecule has 0 atom stereocenters. The second-order valence-electron chi connectivity index (χ2n) is 5.68. The predicted molar refractivity (Wildman–Crippen MR) is 56.2 cm³/mol. The van der Waals surface area contributed by atoms with Gasteiger partial charge in [0.2, 0.25) is 0 Å². The Morgan fingerprint density at radius 3 is 1.83 bits per heavy atom. The summed E-state index contributed by atoms with van der Waals surface area (Å²) in [4.78, 5) is 0. The molecule has 0 aliphatic carbocycles. The lowest BCUT2D eigenvalue weighted by Gasteiger charge is -2.30. The van der Waals surface area contributed by atoms with E-state index in [0.717, 1.165) is 4.48 Å². The molecule has 0 spiro atoms. The first kappa shape index (κ1) is 12.0. The average Bonchev–Trinajstić information content (AvgIpc) is 1.83. The molecule has 0 amide bonds. The Balaban J connectivity index is 3.75. The summed E-state index contributed by atoms with van der Waals surface area (Å²) in [5.41, 5.74) is 0.542. The lowest BCUT2D eigenvalue weighted by molar-refractivity contribution is -0.871. The van der Waals surface area contributed by atoms with Crippen LogP contribution in [0, 0.1) is 5.41 Å². The summed E-state index contributed by atoms with van der Waals surface area (Å²) >= 11 is 0. The number of nitrogens with zero attached hydrogens (tertiary/aromatic N) is 1. The Morgan fingerprint density at radius 1 is 1.00 bits per heavy atom. The second-order valence-corrected chi connectivity index (χ2v) is 5.68. The highest BCUT2D eigenvalue weighted by Crippen LogP contribution is 2.26. The predicted octanol–water partition coefficient (Wildman–Crippen LogP) is 2.91. The highest BCUT2D eigenvalue weighted by molar-refractivity contribution is 4.66. The third-order valence-electron chi connectivity index (χ3n) is 2.39. The summed E-state index contributed by atoms with van der Waals surface area (Å²) in [5.74, 6) is 0.